The lowest BCUT2D eigenvalue weighted by Crippen LogP contribution is -2.30. The van der Waals surface area contributed by atoms with Crippen molar-refractivity contribution in [3.8, 4) is 0 Å². The standard InChI is InChI=1S/C8H18N2O/c1-5-10-7(9)6-8(2,3)11-4/h5-6H2,1-4H3,(H2,9,10). The van der Waals surface area contributed by atoms with Gasteiger partial charge in [-0.05, 0) is 20.8 Å². The lowest BCUT2D eigenvalue weighted by molar-refractivity contribution is 0.0290. The SMILES string of the molecule is CC/N=C(/N)CC(C)(C)OC. The quantitative estimate of drug-likeness (QED) is 0.493. The zero-order valence-electron chi connectivity index (χ0n) is 7.85. The largest absolute Gasteiger partial charge is 0.387 e. The van der Waals surface area contributed by atoms with Crippen LogP contribution < -0.4 is 5.73 Å². The van der Waals surface area contributed by atoms with Crippen molar-refractivity contribution in [1.82, 2.24) is 0 Å². The molecule has 0 aromatic heterocycles. The predicted molar refractivity (Wildman–Crippen MR) is 47.9 cm³/mol. The molecule has 0 saturated carbocycles. The fourth-order valence-electron chi connectivity index (χ4n) is 0.767. The summed E-state index contributed by atoms with van der Waals surface area (Å²) in [5.41, 5.74) is 5.42. The summed E-state index contributed by atoms with van der Waals surface area (Å²) >= 11 is 0. The zero-order valence-corrected chi connectivity index (χ0v) is 7.85. The van der Waals surface area contributed by atoms with Gasteiger partial charge in [-0.2, -0.15) is 0 Å². The first kappa shape index (κ1) is 10.4. The van der Waals surface area contributed by atoms with Crippen molar-refractivity contribution < 1.29 is 4.74 Å². The van der Waals surface area contributed by atoms with E-state index in [1.165, 1.54) is 0 Å². The van der Waals surface area contributed by atoms with Gasteiger partial charge in [-0.15, -0.1) is 0 Å². The number of hydrogen-bond donors (Lipinski definition) is 1. The molecule has 3 heteroatoms. The molecular weight excluding hydrogens is 140 g/mol. The summed E-state index contributed by atoms with van der Waals surface area (Å²) < 4.78 is 5.19. The third-order valence-electron chi connectivity index (χ3n) is 1.52. The van der Waals surface area contributed by atoms with Crippen LogP contribution in [-0.2, 0) is 4.74 Å². The lowest BCUT2D eigenvalue weighted by Gasteiger charge is -2.21. The van der Waals surface area contributed by atoms with Gasteiger partial charge >= 0.3 is 0 Å². The normalized spacial score (nSPS) is 13.6. The maximum absolute atomic E-state index is 5.62. The Morgan fingerprint density at radius 2 is 2.09 bits per heavy atom. The first-order valence-electron chi connectivity index (χ1n) is 3.86. The molecule has 2 N–H and O–H groups in total. The molecule has 0 aliphatic carbocycles. The fraction of sp³-hybridized carbons (Fsp3) is 0.875. The minimum Gasteiger partial charge on any atom is -0.387 e. The van der Waals surface area contributed by atoms with E-state index in [1.54, 1.807) is 7.11 Å². The Labute approximate surface area is 68.6 Å². The van der Waals surface area contributed by atoms with E-state index >= 15 is 0 Å². The van der Waals surface area contributed by atoms with Gasteiger partial charge < -0.3 is 10.5 Å². The minimum absolute atomic E-state index is 0.192. The third kappa shape index (κ3) is 4.79. The molecule has 0 fully saturated rings. The van der Waals surface area contributed by atoms with Gasteiger partial charge in [0.1, 0.15) is 0 Å². The molecule has 0 bridgehead atoms. The van der Waals surface area contributed by atoms with Gasteiger partial charge in [0, 0.05) is 20.1 Å². The van der Waals surface area contributed by atoms with Gasteiger partial charge in [0.25, 0.3) is 0 Å². The molecule has 66 valence electrons. The molecule has 0 aromatic rings. The Balaban J connectivity index is 3.92. The Morgan fingerprint density at radius 3 is 2.45 bits per heavy atom. The van der Waals surface area contributed by atoms with Crippen LogP contribution in [0.4, 0.5) is 0 Å². The lowest BCUT2D eigenvalue weighted by atomic mass is 10.1. The van der Waals surface area contributed by atoms with Crippen molar-refractivity contribution in [2.24, 2.45) is 10.7 Å². The van der Waals surface area contributed by atoms with E-state index in [2.05, 4.69) is 4.99 Å². The van der Waals surface area contributed by atoms with E-state index in [0.29, 0.717) is 12.3 Å². The monoisotopic (exact) mass is 158 g/mol. The summed E-state index contributed by atoms with van der Waals surface area (Å²) in [7, 11) is 1.68. The van der Waals surface area contributed by atoms with Crippen LogP contribution in [-0.4, -0.2) is 25.1 Å². The predicted octanol–water partition coefficient (Wildman–Crippen LogP) is 1.18. The number of nitrogens with two attached hydrogens (primary N) is 1. The van der Waals surface area contributed by atoms with Gasteiger partial charge in [-0.3, -0.25) is 4.99 Å². The van der Waals surface area contributed by atoms with Crippen molar-refractivity contribution in [2.45, 2.75) is 32.8 Å². The second-order valence-corrected chi connectivity index (χ2v) is 3.11. The fourth-order valence-corrected chi connectivity index (χ4v) is 0.767. The molecule has 0 aliphatic rings. The Hall–Kier alpha value is -0.570. The van der Waals surface area contributed by atoms with Crippen LogP contribution in [0.5, 0.6) is 0 Å². The highest BCUT2D eigenvalue weighted by atomic mass is 16.5. The summed E-state index contributed by atoms with van der Waals surface area (Å²) in [5, 5.41) is 0. The highest BCUT2D eigenvalue weighted by molar-refractivity contribution is 5.81. The number of methoxy groups -OCH3 is 1. The Kier molecular flexibility index (Phi) is 4.11. The molecule has 0 aliphatic heterocycles. The van der Waals surface area contributed by atoms with E-state index in [1.807, 2.05) is 20.8 Å². The molecule has 11 heavy (non-hydrogen) atoms. The number of aliphatic imine (C=N–C) groups is 1. The second-order valence-electron chi connectivity index (χ2n) is 3.11. The van der Waals surface area contributed by atoms with Crippen molar-refractivity contribution in [3.63, 3.8) is 0 Å². The van der Waals surface area contributed by atoms with Crippen LogP contribution in [0.3, 0.4) is 0 Å². The number of amidine groups is 1. The average Bonchev–Trinajstić information content (AvgIpc) is 1.87. The molecule has 0 aromatic carbocycles. The van der Waals surface area contributed by atoms with E-state index in [4.69, 9.17) is 10.5 Å². The van der Waals surface area contributed by atoms with Crippen molar-refractivity contribution in [2.75, 3.05) is 13.7 Å². The summed E-state index contributed by atoms with van der Waals surface area (Å²) in [6, 6.07) is 0. The molecule has 0 unspecified atom stereocenters. The van der Waals surface area contributed by atoms with Crippen molar-refractivity contribution in [3.05, 3.63) is 0 Å². The van der Waals surface area contributed by atoms with E-state index in [0.717, 1.165) is 6.54 Å². The van der Waals surface area contributed by atoms with Crippen molar-refractivity contribution in [1.29, 1.82) is 0 Å². The zero-order chi connectivity index (χ0) is 8.91. The van der Waals surface area contributed by atoms with E-state index in [9.17, 15) is 0 Å². The summed E-state index contributed by atoms with van der Waals surface area (Å²) in [6.45, 7) is 6.69. The van der Waals surface area contributed by atoms with Crippen LogP contribution in [0.2, 0.25) is 0 Å². The molecule has 0 amide bonds. The topological polar surface area (TPSA) is 47.6 Å². The van der Waals surface area contributed by atoms with Gasteiger partial charge in [0.15, 0.2) is 0 Å². The van der Waals surface area contributed by atoms with E-state index < -0.39 is 0 Å². The average molecular weight is 158 g/mol. The number of rotatable bonds is 4. The first-order valence-corrected chi connectivity index (χ1v) is 3.86. The van der Waals surface area contributed by atoms with Crippen molar-refractivity contribution >= 4 is 5.84 Å². The summed E-state index contributed by atoms with van der Waals surface area (Å²) in [5.74, 6) is 0.666. The molecule has 0 rings (SSSR count). The third-order valence-corrected chi connectivity index (χ3v) is 1.52. The molecular formula is C8H18N2O. The first-order chi connectivity index (χ1) is 5.02. The van der Waals surface area contributed by atoms with Gasteiger partial charge in [-0.1, -0.05) is 0 Å². The Morgan fingerprint density at radius 1 is 1.55 bits per heavy atom. The smallest absolute Gasteiger partial charge is 0.0965 e. The highest BCUT2D eigenvalue weighted by Gasteiger charge is 2.17. The van der Waals surface area contributed by atoms with Crippen LogP contribution in [0.25, 0.3) is 0 Å². The van der Waals surface area contributed by atoms with Crippen LogP contribution in [0, 0.1) is 0 Å². The van der Waals surface area contributed by atoms with Gasteiger partial charge in [0.05, 0.1) is 11.4 Å². The number of nitrogens with zero attached hydrogens (tertiary/aromatic N) is 1. The Bertz CT molecular complexity index is 141. The highest BCUT2D eigenvalue weighted by Crippen LogP contribution is 2.11. The van der Waals surface area contributed by atoms with Gasteiger partial charge in [0.2, 0.25) is 0 Å². The number of hydrogen-bond acceptors (Lipinski definition) is 2. The molecule has 0 radical (unpaired) electrons. The maximum Gasteiger partial charge on any atom is 0.0965 e. The van der Waals surface area contributed by atoms with Crippen LogP contribution >= 0.6 is 0 Å². The van der Waals surface area contributed by atoms with Crippen LogP contribution in [0.15, 0.2) is 4.99 Å². The number of ether oxygens (including phenoxy) is 1. The molecule has 3 nitrogen and oxygen atoms in total. The second kappa shape index (κ2) is 4.34. The van der Waals surface area contributed by atoms with Crippen LogP contribution in [0.1, 0.15) is 27.2 Å². The molecule has 0 spiro atoms. The molecule has 0 atom stereocenters. The summed E-state index contributed by atoms with van der Waals surface area (Å²) in [6.07, 6.45) is 0.692. The maximum atomic E-state index is 5.62. The molecule has 0 heterocycles. The summed E-state index contributed by atoms with van der Waals surface area (Å²) in [4.78, 5) is 4.07. The van der Waals surface area contributed by atoms with Gasteiger partial charge in [-0.25, -0.2) is 0 Å². The van der Waals surface area contributed by atoms with E-state index in [-0.39, 0.29) is 5.60 Å². The molecule has 0 saturated heterocycles. The minimum atomic E-state index is -0.192.